The quantitative estimate of drug-likeness (QED) is 0.765. The lowest BCUT2D eigenvalue weighted by molar-refractivity contribution is 0.00345. The van der Waals surface area contributed by atoms with Crippen LogP contribution < -0.4 is 0 Å². The second kappa shape index (κ2) is 6.85. The molecule has 1 aliphatic heterocycles. The zero-order valence-electron chi connectivity index (χ0n) is 11.2. The van der Waals surface area contributed by atoms with Gasteiger partial charge in [-0.1, -0.05) is 11.8 Å². The zero-order chi connectivity index (χ0) is 15.2. The Hall–Kier alpha value is -2.41. The average molecular weight is 288 g/mol. The van der Waals surface area contributed by atoms with E-state index in [2.05, 4.69) is 11.8 Å². The highest BCUT2D eigenvalue weighted by atomic mass is 19.1. The van der Waals surface area contributed by atoms with Gasteiger partial charge in [0.1, 0.15) is 12.4 Å². The van der Waals surface area contributed by atoms with E-state index in [-0.39, 0.29) is 36.8 Å². The summed E-state index contributed by atoms with van der Waals surface area (Å²) in [6.07, 6.45) is -0.651. The largest absolute Gasteiger partial charge is 0.384 e. The molecule has 21 heavy (non-hydrogen) atoms. The summed E-state index contributed by atoms with van der Waals surface area (Å²) >= 11 is 0. The van der Waals surface area contributed by atoms with Crippen molar-refractivity contribution in [3.63, 3.8) is 0 Å². The molecule has 1 aliphatic rings. The number of aliphatic hydroxyl groups is 1. The van der Waals surface area contributed by atoms with Gasteiger partial charge < -0.3 is 14.7 Å². The number of rotatable bonds is 1. The number of carbonyl (C=O) groups excluding carboxylic acids is 1. The lowest BCUT2D eigenvalue weighted by Gasteiger charge is -2.29. The van der Waals surface area contributed by atoms with Gasteiger partial charge in [-0.05, 0) is 18.2 Å². The molecular formula is C15H13FN2O3. The Labute approximate surface area is 121 Å². The molecule has 0 aliphatic carbocycles. The summed E-state index contributed by atoms with van der Waals surface area (Å²) in [7, 11) is 0. The lowest BCUT2D eigenvalue weighted by atomic mass is 10.1. The molecule has 1 aromatic carbocycles. The van der Waals surface area contributed by atoms with E-state index in [1.54, 1.807) is 0 Å². The van der Waals surface area contributed by atoms with Gasteiger partial charge in [0.05, 0.1) is 24.8 Å². The van der Waals surface area contributed by atoms with Crippen LogP contribution in [0.5, 0.6) is 0 Å². The second-order valence-electron chi connectivity index (χ2n) is 4.39. The molecular weight excluding hydrogens is 275 g/mol. The predicted octanol–water partition coefficient (Wildman–Crippen LogP) is 0.534. The molecule has 0 bridgehead atoms. The molecule has 1 aromatic rings. The minimum Gasteiger partial charge on any atom is -0.384 e. The minimum atomic E-state index is -0.651. The van der Waals surface area contributed by atoms with Crippen molar-refractivity contribution < 1.29 is 19.0 Å². The Morgan fingerprint density at radius 3 is 3.05 bits per heavy atom. The monoisotopic (exact) mass is 288 g/mol. The normalized spacial score (nSPS) is 17.6. The lowest BCUT2D eigenvalue weighted by Crippen LogP contribution is -2.45. The summed E-state index contributed by atoms with van der Waals surface area (Å²) in [5.41, 5.74) is 0.318. The number of hydrogen-bond acceptors (Lipinski definition) is 4. The van der Waals surface area contributed by atoms with Crippen LogP contribution in [0, 0.1) is 29.0 Å². The van der Waals surface area contributed by atoms with Crippen LogP contribution in [0.25, 0.3) is 0 Å². The Morgan fingerprint density at radius 1 is 1.57 bits per heavy atom. The Bertz CT molecular complexity index is 643. The van der Waals surface area contributed by atoms with E-state index in [0.29, 0.717) is 6.54 Å². The first-order chi connectivity index (χ1) is 10.2. The topological polar surface area (TPSA) is 73.6 Å². The van der Waals surface area contributed by atoms with Crippen LogP contribution in [0.4, 0.5) is 4.39 Å². The fraction of sp³-hybridized carbons (Fsp3) is 0.333. The predicted molar refractivity (Wildman–Crippen MR) is 71.6 cm³/mol. The maximum Gasteiger partial charge on any atom is 0.254 e. The molecule has 0 aromatic heterocycles. The highest BCUT2D eigenvalue weighted by molar-refractivity contribution is 5.94. The molecule has 5 nitrogen and oxygen atoms in total. The number of aliphatic hydroxyl groups excluding tert-OH is 1. The molecule has 1 fully saturated rings. The van der Waals surface area contributed by atoms with Gasteiger partial charge in [0, 0.05) is 12.1 Å². The molecule has 1 heterocycles. The van der Waals surface area contributed by atoms with E-state index in [0.717, 1.165) is 6.07 Å². The zero-order valence-corrected chi connectivity index (χ0v) is 11.2. The molecule has 1 atom stereocenters. The number of ether oxygens (including phenoxy) is 1. The molecule has 2 rings (SSSR count). The van der Waals surface area contributed by atoms with Gasteiger partial charge in [-0.2, -0.15) is 5.26 Å². The molecule has 108 valence electrons. The summed E-state index contributed by atoms with van der Waals surface area (Å²) in [6.45, 7) is 0.462. The van der Waals surface area contributed by atoms with E-state index >= 15 is 0 Å². The highest BCUT2D eigenvalue weighted by Gasteiger charge is 2.25. The number of benzene rings is 1. The van der Waals surface area contributed by atoms with Crippen LogP contribution in [0.1, 0.15) is 15.9 Å². The van der Waals surface area contributed by atoms with Crippen LogP contribution in [-0.4, -0.2) is 48.3 Å². The number of amides is 1. The number of morpholine rings is 1. The van der Waals surface area contributed by atoms with Gasteiger partial charge in [-0.25, -0.2) is 4.39 Å². The van der Waals surface area contributed by atoms with Crippen molar-refractivity contribution in [1.29, 1.82) is 5.26 Å². The summed E-state index contributed by atoms with van der Waals surface area (Å²) in [5.74, 6) is 3.84. The fourth-order valence-electron chi connectivity index (χ4n) is 1.98. The number of halogens is 1. The minimum absolute atomic E-state index is 0.123. The van der Waals surface area contributed by atoms with Gasteiger partial charge in [-0.3, -0.25) is 4.79 Å². The van der Waals surface area contributed by atoms with E-state index in [9.17, 15) is 9.18 Å². The smallest absolute Gasteiger partial charge is 0.254 e. The van der Waals surface area contributed by atoms with Crippen LogP contribution in [0.2, 0.25) is 0 Å². The highest BCUT2D eigenvalue weighted by Crippen LogP contribution is 2.14. The van der Waals surface area contributed by atoms with E-state index in [1.807, 2.05) is 6.07 Å². The molecule has 1 amide bonds. The van der Waals surface area contributed by atoms with Crippen molar-refractivity contribution in [3.8, 4) is 17.9 Å². The van der Waals surface area contributed by atoms with E-state index in [1.165, 1.54) is 17.0 Å². The fourth-order valence-corrected chi connectivity index (χ4v) is 1.98. The first-order valence-corrected chi connectivity index (χ1v) is 6.35. The molecule has 0 radical (unpaired) electrons. The average Bonchev–Trinajstić information content (AvgIpc) is 2.53. The van der Waals surface area contributed by atoms with E-state index in [4.69, 9.17) is 15.1 Å². The summed E-state index contributed by atoms with van der Waals surface area (Å²) < 4.78 is 19.0. The van der Waals surface area contributed by atoms with Gasteiger partial charge in [0.15, 0.2) is 6.10 Å². The van der Waals surface area contributed by atoms with Crippen LogP contribution >= 0.6 is 0 Å². The molecule has 1 saturated heterocycles. The van der Waals surface area contributed by atoms with Crippen LogP contribution in [-0.2, 0) is 4.74 Å². The molecule has 1 unspecified atom stereocenters. The maximum absolute atomic E-state index is 13.8. The van der Waals surface area contributed by atoms with Gasteiger partial charge in [-0.15, -0.1) is 0 Å². The standard InChI is InChI=1S/C15H13FN2O3/c16-14-8-12(4-3-11(14)2-1-6-19)15(20)18-5-7-21-13(9-17)10-18/h3-4,8,13,19H,5-7,10H2. The molecule has 1 N–H and O–H groups in total. The van der Waals surface area contributed by atoms with Crippen molar-refractivity contribution in [3.05, 3.63) is 35.1 Å². The van der Waals surface area contributed by atoms with Crippen molar-refractivity contribution in [2.24, 2.45) is 0 Å². The molecule has 0 saturated carbocycles. The first kappa shape index (κ1) is 15.0. The second-order valence-corrected chi connectivity index (χ2v) is 4.39. The van der Waals surface area contributed by atoms with Crippen LogP contribution in [0.15, 0.2) is 18.2 Å². The van der Waals surface area contributed by atoms with Crippen molar-refractivity contribution >= 4 is 5.91 Å². The van der Waals surface area contributed by atoms with Gasteiger partial charge >= 0.3 is 0 Å². The van der Waals surface area contributed by atoms with Crippen molar-refractivity contribution in [1.82, 2.24) is 4.90 Å². The molecule has 0 spiro atoms. The summed E-state index contributed by atoms with van der Waals surface area (Å²) in [5, 5.41) is 17.4. The summed E-state index contributed by atoms with van der Waals surface area (Å²) in [6, 6.07) is 5.94. The summed E-state index contributed by atoms with van der Waals surface area (Å²) in [4.78, 5) is 13.7. The maximum atomic E-state index is 13.8. The van der Waals surface area contributed by atoms with E-state index < -0.39 is 11.9 Å². The van der Waals surface area contributed by atoms with Crippen LogP contribution in [0.3, 0.4) is 0 Å². The third-order valence-corrected chi connectivity index (χ3v) is 3.02. The molecule has 6 heteroatoms. The Kier molecular flexibility index (Phi) is 4.89. The number of carbonyl (C=O) groups is 1. The Morgan fingerprint density at radius 2 is 2.38 bits per heavy atom. The first-order valence-electron chi connectivity index (χ1n) is 6.35. The number of nitriles is 1. The van der Waals surface area contributed by atoms with Gasteiger partial charge in [0.25, 0.3) is 5.91 Å². The third-order valence-electron chi connectivity index (χ3n) is 3.02. The number of nitrogens with zero attached hydrogens (tertiary/aromatic N) is 2. The van der Waals surface area contributed by atoms with Crippen molar-refractivity contribution in [2.45, 2.75) is 6.10 Å². The van der Waals surface area contributed by atoms with Gasteiger partial charge in [0.2, 0.25) is 0 Å². The Balaban J connectivity index is 2.16. The van der Waals surface area contributed by atoms with Crippen molar-refractivity contribution in [2.75, 3.05) is 26.3 Å². The number of hydrogen-bond donors (Lipinski definition) is 1. The SMILES string of the molecule is N#CC1CN(C(=O)c2ccc(C#CCO)c(F)c2)CCO1. The third kappa shape index (κ3) is 3.57.